The van der Waals surface area contributed by atoms with Gasteiger partial charge in [-0.25, -0.2) is 4.39 Å². The summed E-state index contributed by atoms with van der Waals surface area (Å²) in [6.45, 7) is 0. The Labute approximate surface area is 139 Å². The van der Waals surface area contributed by atoms with Crippen LogP contribution in [0.25, 0.3) is 6.08 Å². The molecule has 0 atom stereocenters. The van der Waals surface area contributed by atoms with Crippen molar-refractivity contribution in [2.45, 2.75) is 0 Å². The number of para-hydroxylation sites is 1. The molecule has 0 radical (unpaired) electrons. The van der Waals surface area contributed by atoms with Gasteiger partial charge < -0.3 is 4.74 Å². The van der Waals surface area contributed by atoms with Gasteiger partial charge in [-0.05, 0) is 36.4 Å². The fourth-order valence-corrected chi connectivity index (χ4v) is 2.20. The molecule has 0 spiro atoms. The molecule has 24 heavy (non-hydrogen) atoms. The highest BCUT2D eigenvalue weighted by Gasteiger charge is 2.05. The Bertz CT molecular complexity index is 856. The number of benzene rings is 3. The van der Waals surface area contributed by atoms with Crippen LogP contribution in [-0.2, 0) is 0 Å². The van der Waals surface area contributed by atoms with Gasteiger partial charge in [0.05, 0.1) is 0 Å². The van der Waals surface area contributed by atoms with Crippen LogP contribution in [0.15, 0.2) is 84.9 Å². The summed E-state index contributed by atoms with van der Waals surface area (Å²) in [6.07, 6.45) is 2.84. The Kier molecular flexibility index (Phi) is 4.82. The van der Waals surface area contributed by atoms with E-state index in [1.54, 1.807) is 48.5 Å². The van der Waals surface area contributed by atoms with E-state index in [1.807, 2.05) is 24.3 Å². The maximum atomic E-state index is 14.2. The highest BCUT2D eigenvalue weighted by Crippen LogP contribution is 2.23. The van der Waals surface area contributed by atoms with E-state index in [0.717, 1.165) is 0 Å². The Morgan fingerprint density at radius 3 is 2.17 bits per heavy atom. The number of ketones is 1. The first-order chi connectivity index (χ1) is 11.7. The van der Waals surface area contributed by atoms with Gasteiger partial charge in [-0.15, -0.1) is 0 Å². The van der Waals surface area contributed by atoms with Crippen LogP contribution in [0.4, 0.5) is 4.39 Å². The van der Waals surface area contributed by atoms with E-state index < -0.39 is 5.82 Å². The Morgan fingerprint density at radius 2 is 1.50 bits per heavy atom. The molecule has 3 aromatic carbocycles. The van der Waals surface area contributed by atoms with Crippen LogP contribution in [0.5, 0.6) is 11.5 Å². The minimum absolute atomic E-state index is 0.167. The quantitative estimate of drug-likeness (QED) is 0.458. The van der Waals surface area contributed by atoms with E-state index in [0.29, 0.717) is 22.6 Å². The molecule has 0 saturated carbocycles. The zero-order valence-corrected chi connectivity index (χ0v) is 12.9. The van der Waals surface area contributed by atoms with Crippen LogP contribution in [0.3, 0.4) is 0 Å². The second-order valence-electron chi connectivity index (χ2n) is 5.16. The number of hydrogen-bond acceptors (Lipinski definition) is 2. The molecule has 0 aromatic heterocycles. The van der Waals surface area contributed by atoms with Gasteiger partial charge in [0.25, 0.3) is 0 Å². The largest absolute Gasteiger partial charge is 0.457 e. The normalized spacial score (nSPS) is 10.7. The van der Waals surface area contributed by atoms with Gasteiger partial charge in [0.2, 0.25) is 0 Å². The molecule has 3 aromatic rings. The molecule has 3 rings (SSSR count). The van der Waals surface area contributed by atoms with Crippen molar-refractivity contribution >= 4 is 11.9 Å². The van der Waals surface area contributed by atoms with Gasteiger partial charge in [0.15, 0.2) is 5.78 Å². The summed E-state index contributed by atoms with van der Waals surface area (Å²) >= 11 is 0. The molecule has 0 N–H and O–H groups in total. The van der Waals surface area contributed by atoms with Crippen LogP contribution in [0.2, 0.25) is 0 Å². The number of rotatable bonds is 5. The molecule has 118 valence electrons. The standard InChI is InChI=1S/C21H15FO2/c22-20-15-19(24-18-9-5-2-6-10-18)13-11-16(20)12-14-21(23)17-7-3-1-4-8-17/h1-15H. The number of halogens is 1. The number of carbonyl (C=O) groups excluding carboxylic acids is 1. The van der Waals surface area contributed by atoms with Crippen LogP contribution >= 0.6 is 0 Å². The summed E-state index contributed by atoms with van der Waals surface area (Å²) in [5, 5.41) is 0. The molecule has 0 aliphatic heterocycles. The van der Waals surface area contributed by atoms with Crippen LogP contribution in [0, 0.1) is 5.82 Å². The summed E-state index contributed by atoms with van der Waals surface area (Å²) in [4.78, 5) is 12.0. The van der Waals surface area contributed by atoms with Crippen molar-refractivity contribution in [1.82, 2.24) is 0 Å². The predicted octanol–water partition coefficient (Wildman–Crippen LogP) is 5.51. The van der Waals surface area contributed by atoms with Crippen molar-refractivity contribution in [2.75, 3.05) is 0 Å². The molecular weight excluding hydrogens is 303 g/mol. The first kappa shape index (κ1) is 15.7. The van der Waals surface area contributed by atoms with Gasteiger partial charge >= 0.3 is 0 Å². The second-order valence-corrected chi connectivity index (χ2v) is 5.16. The van der Waals surface area contributed by atoms with Crippen LogP contribution in [-0.4, -0.2) is 5.78 Å². The molecule has 0 bridgehead atoms. The highest BCUT2D eigenvalue weighted by molar-refractivity contribution is 6.06. The van der Waals surface area contributed by atoms with E-state index in [1.165, 1.54) is 18.2 Å². The first-order valence-electron chi connectivity index (χ1n) is 7.52. The average molecular weight is 318 g/mol. The second kappa shape index (κ2) is 7.38. The molecular formula is C21H15FO2. The molecule has 0 unspecified atom stereocenters. The van der Waals surface area contributed by atoms with Crippen molar-refractivity contribution < 1.29 is 13.9 Å². The number of allylic oxidation sites excluding steroid dienone is 1. The lowest BCUT2D eigenvalue weighted by molar-refractivity contribution is 0.104. The third-order valence-electron chi connectivity index (χ3n) is 3.42. The number of carbonyl (C=O) groups is 1. The number of ether oxygens (including phenoxy) is 1. The van der Waals surface area contributed by atoms with Gasteiger partial charge in [-0.3, -0.25) is 4.79 Å². The smallest absolute Gasteiger partial charge is 0.185 e. The maximum absolute atomic E-state index is 14.2. The summed E-state index contributed by atoms with van der Waals surface area (Å²) in [5.41, 5.74) is 0.901. The molecule has 0 aliphatic rings. The van der Waals surface area contributed by atoms with Crippen molar-refractivity contribution in [2.24, 2.45) is 0 Å². The lowest BCUT2D eigenvalue weighted by atomic mass is 10.1. The third-order valence-corrected chi connectivity index (χ3v) is 3.42. The van der Waals surface area contributed by atoms with E-state index in [4.69, 9.17) is 4.74 Å². The number of hydrogen-bond donors (Lipinski definition) is 0. The molecule has 0 aliphatic carbocycles. The topological polar surface area (TPSA) is 26.3 Å². The minimum Gasteiger partial charge on any atom is -0.457 e. The average Bonchev–Trinajstić information content (AvgIpc) is 2.62. The third kappa shape index (κ3) is 3.96. The molecule has 0 saturated heterocycles. The predicted molar refractivity (Wildman–Crippen MR) is 92.7 cm³/mol. The van der Waals surface area contributed by atoms with E-state index in [9.17, 15) is 9.18 Å². The first-order valence-corrected chi connectivity index (χ1v) is 7.52. The van der Waals surface area contributed by atoms with Gasteiger partial charge in [0.1, 0.15) is 17.3 Å². The van der Waals surface area contributed by atoms with Crippen molar-refractivity contribution in [1.29, 1.82) is 0 Å². The summed E-state index contributed by atoms with van der Waals surface area (Å²) < 4.78 is 19.7. The Morgan fingerprint density at radius 1 is 0.833 bits per heavy atom. The Hall–Kier alpha value is -3.20. The maximum Gasteiger partial charge on any atom is 0.185 e. The van der Waals surface area contributed by atoms with Crippen LogP contribution < -0.4 is 4.74 Å². The minimum atomic E-state index is -0.444. The van der Waals surface area contributed by atoms with Crippen molar-refractivity contribution in [3.05, 3.63) is 102 Å². The summed E-state index contributed by atoms with van der Waals surface area (Å²) in [5.74, 6) is 0.435. The molecule has 0 amide bonds. The Balaban J connectivity index is 1.73. The van der Waals surface area contributed by atoms with E-state index in [2.05, 4.69) is 0 Å². The fourth-order valence-electron chi connectivity index (χ4n) is 2.20. The van der Waals surface area contributed by atoms with Crippen LogP contribution in [0.1, 0.15) is 15.9 Å². The highest BCUT2D eigenvalue weighted by atomic mass is 19.1. The molecule has 2 nitrogen and oxygen atoms in total. The van der Waals surface area contributed by atoms with E-state index in [-0.39, 0.29) is 5.78 Å². The van der Waals surface area contributed by atoms with Gasteiger partial charge in [-0.1, -0.05) is 48.5 Å². The van der Waals surface area contributed by atoms with Crippen molar-refractivity contribution in [3.8, 4) is 11.5 Å². The monoisotopic (exact) mass is 318 g/mol. The lowest BCUT2D eigenvalue weighted by Gasteiger charge is -2.06. The lowest BCUT2D eigenvalue weighted by Crippen LogP contribution is -1.93. The van der Waals surface area contributed by atoms with Gasteiger partial charge in [0, 0.05) is 17.2 Å². The molecule has 3 heteroatoms. The summed E-state index contributed by atoms with van der Waals surface area (Å²) in [7, 11) is 0. The molecule has 0 fully saturated rings. The zero-order chi connectivity index (χ0) is 16.8. The van der Waals surface area contributed by atoms with Gasteiger partial charge in [-0.2, -0.15) is 0 Å². The SMILES string of the molecule is O=C(C=Cc1ccc(Oc2ccccc2)cc1F)c1ccccc1. The van der Waals surface area contributed by atoms with Crippen molar-refractivity contribution in [3.63, 3.8) is 0 Å². The summed E-state index contributed by atoms with van der Waals surface area (Å²) in [6, 6.07) is 22.6. The fraction of sp³-hybridized carbons (Fsp3) is 0. The zero-order valence-electron chi connectivity index (χ0n) is 12.9. The molecule has 0 heterocycles. The van der Waals surface area contributed by atoms with E-state index >= 15 is 0 Å².